The summed E-state index contributed by atoms with van der Waals surface area (Å²) >= 11 is 2.18. The molecule has 6 heteroatoms. The molecule has 0 bridgehead atoms. The van der Waals surface area contributed by atoms with Crippen molar-refractivity contribution in [2.75, 3.05) is 5.32 Å². The van der Waals surface area contributed by atoms with Crippen LogP contribution in [0.25, 0.3) is 0 Å². The molecule has 82 valence electrons. The minimum absolute atomic E-state index is 0.611. The van der Waals surface area contributed by atoms with Crippen molar-refractivity contribution in [1.82, 2.24) is 19.9 Å². The molecule has 2 rings (SSSR count). The van der Waals surface area contributed by atoms with Gasteiger partial charge in [0.2, 0.25) is 0 Å². The molecule has 1 N–H and O–H groups in total. The number of hydrogen-bond donors (Lipinski definition) is 1. The Kier molecular flexibility index (Phi) is 3.60. The Bertz CT molecular complexity index is 471. The van der Waals surface area contributed by atoms with E-state index in [1.54, 1.807) is 18.6 Å². The van der Waals surface area contributed by atoms with E-state index >= 15 is 0 Å². The van der Waals surface area contributed by atoms with E-state index in [0.29, 0.717) is 6.54 Å². The van der Waals surface area contributed by atoms with Crippen molar-refractivity contribution in [3.8, 4) is 0 Å². The Morgan fingerprint density at radius 1 is 1.19 bits per heavy atom. The van der Waals surface area contributed by atoms with E-state index in [0.717, 1.165) is 20.8 Å². The van der Waals surface area contributed by atoms with Crippen LogP contribution >= 0.6 is 22.6 Å². The second kappa shape index (κ2) is 5.15. The van der Waals surface area contributed by atoms with Gasteiger partial charge in [-0.2, -0.15) is 0 Å². The van der Waals surface area contributed by atoms with E-state index in [1.807, 2.05) is 6.92 Å². The first-order valence-corrected chi connectivity index (χ1v) is 5.80. The van der Waals surface area contributed by atoms with Gasteiger partial charge < -0.3 is 5.32 Å². The molecule has 0 saturated carbocycles. The van der Waals surface area contributed by atoms with Gasteiger partial charge in [-0.15, -0.1) is 0 Å². The Balaban J connectivity index is 2.02. The van der Waals surface area contributed by atoms with Gasteiger partial charge in [0.15, 0.2) is 0 Å². The molecule has 5 nitrogen and oxygen atoms in total. The number of hydrogen-bond acceptors (Lipinski definition) is 5. The fraction of sp³-hybridized carbons (Fsp3) is 0.200. The highest BCUT2D eigenvalue weighted by Crippen LogP contribution is 2.12. The third-order valence-electron chi connectivity index (χ3n) is 1.94. The molecule has 0 spiro atoms. The predicted molar refractivity (Wildman–Crippen MR) is 68.8 cm³/mol. The second-order valence-corrected chi connectivity index (χ2v) is 4.38. The first kappa shape index (κ1) is 11.2. The van der Waals surface area contributed by atoms with Crippen LogP contribution in [0.1, 0.15) is 11.4 Å². The van der Waals surface area contributed by atoms with Crippen LogP contribution in [0.2, 0.25) is 0 Å². The number of halogens is 1. The van der Waals surface area contributed by atoms with E-state index in [4.69, 9.17) is 0 Å². The summed E-state index contributed by atoms with van der Waals surface area (Å²) < 4.78 is 0.986. The third-order valence-corrected chi connectivity index (χ3v) is 2.73. The summed E-state index contributed by atoms with van der Waals surface area (Å²) in [5.41, 5.74) is 1.81. The Labute approximate surface area is 107 Å². The summed E-state index contributed by atoms with van der Waals surface area (Å²) in [7, 11) is 0. The fourth-order valence-electron chi connectivity index (χ4n) is 1.13. The molecule has 0 aromatic carbocycles. The zero-order valence-corrected chi connectivity index (χ0v) is 10.8. The Morgan fingerprint density at radius 3 is 2.75 bits per heavy atom. The van der Waals surface area contributed by atoms with Gasteiger partial charge in [0.25, 0.3) is 0 Å². The second-order valence-electron chi connectivity index (χ2n) is 3.22. The number of anilines is 1. The summed E-state index contributed by atoms with van der Waals surface area (Å²) in [5.74, 6) is 0.818. The van der Waals surface area contributed by atoms with Gasteiger partial charge in [0.1, 0.15) is 12.1 Å². The molecule has 2 aromatic rings. The smallest absolute Gasteiger partial charge is 0.143 e. The highest BCUT2D eigenvalue weighted by molar-refractivity contribution is 14.1. The lowest BCUT2D eigenvalue weighted by Gasteiger charge is -2.05. The molecule has 2 heterocycles. The summed E-state index contributed by atoms with van der Waals surface area (Å²) in [6.45, 7) is 2.53. The first-order chi connectivity index (χ1) is 7.75. The number of aromatic nitrogens is 4. The van der Waals surface area contributed by atoms with E-state index in [-0.39, 0.29) is 0 Å². The van der Waals surface area contributed by atoms with Crippen LogP contribution in [0.4, 0.5) is 5.82 Å². The van der Waals surface area contributed by atoms with Crippen LogP contribution in [-0.4, -0.2) is 19.9 Å². The van der Waals surface area contributed by atoms with Crippen molar-refractivity contribution in [2.45, 2.75) is 13.5 Å². The van der Waals surface area contributed by atoms with Gasteiger partial charge in [0.05, 0.1) is 27.7 Å². The van der Waals surface area contributed by atoms with Crippen LogP contribution in [0.5, 0.6) is 0 Å². The number of aryl methyl sites for hydroxylation is 1. The van der Waals surface area contributed by atoms with Crippen molar-refractivity contribution >= 4 is 28.4 Å². The average Bonchev–Trinajstić information content (AvgIpc) is 2.30. The predicted octanol–water partition coefficient (Wildman–Crippen LogP) is 1.79. The van der Waals surface area contributed by atoms with E-state index in [9.17, 15) is 0 Å². The molecule has 0 unspecified atom stereocenters. The maximum absolute atomic E-state index is 4.25. The number of nitrogens with one attached hydrogen (secondary N) is 1. The standard InChI is InChI=1S/C10H10IN5/c1-7-2-14-8(3-13-7)4-15-10-9(11)5-12-6-16-10/h2-3,5-6H,4H2,1H3,(H,12,15,16). The molecule has 0 fully saturated rings. The lowest BCUT2D eigenvalue weighted by atomic mass is 10.4. The molecule has 0 aliphatic carbocycles. The van der Waals surface area contributed by atoms with Crippen LogP contribution in [0, 0.1) is 10.5 Å². The van der Waals surface area contributed by atoms with Gasteiger partial charge in [-0.1, -0.05) is 0 Å². The van der Waals surface area contributed by atoms with Gasteiger partial charge in [-0.25, -0.2) is 9.97 Å². The summed E-state index contributed by atoms with van der Waals surface area (Å²) in [5, 5.41) is 3.19. The van der Waals surface area contributed by atoms with E-state index in [1.165, 1.54) is 6.33 Å². The molecule has 2 aromatic heterocycles. The quantitative estimate of drug-likeness (QED) is 0.871. The molecule has 0 radical (unpaired) electrons. The Morgan fingerprint density at radius 2 is 2.06 bits per heavy atom. The summed E-state index contributed by atoms with van der Waals surface area (Å²) in [6, 6.07) is 0. The van der Waals surface area contributed by atoms with Crippen LogP contribution < -0.4 is 5.32 Å². The van der Waals surface area contributed by atoms with E-state index in [2.05, 4.69) is 47.8 Å². The first-order valence-electron chi connectivity index (χ1n) is 4.72. The van der Waals surface area contributed by atoms with Gasteiger partial charge in [0, 0.05) is 12.4 Å². The zero-order valence-electron chi connectivity index (χ0n) is 8.68. The molecule has 0 aliphatic heterocycles. The van der Waals surface area contributed by atoms with Crippen molar-refractivity contribution in [3.05, 3.63) is 39.9 Å². The van der Waals surface area contributed by atoms with Crippen LogP contribution in [-0.2, 0) is 6.54 Å². The normalized spacial score (nSPS) is 10.1. The molecule has 0 saturated heterocycles. The zero-order chi connectivity index (χ0) is 11.4. The summed E-state index contributed by atoms with van der Waals surface area (Å²) in [4.78, 5) is 16.5. The van der Waals surface area contributed by atoms with Crippen molar-refractivity contribution < 1.29 is 0 Å². The minimum Gasteiger partial charge on any atom is -0.363 e. The number of rotatable bonds is 3. The number of nitrogens with zero attached hydrogens (tertiary/aromatic N) is 4. The highest BCUT2D eigenvalue weighted by atomic mass is 127. The topological polar surface area (TPSA) is 63.6 Å². The third kappa shape index (κ3) is 2.84. The van der Waals surface area contributed by atoms with E-state index < -0.39 is 0 Å². The van der Waals surface area contributed by atoms with Crippen molar-refractivity contribution in [3.63, 3.8) is 0 Å². The molecule has 0 amide bonds. The van der Waals surface area contributed by atoms with Gasteiger partial charge in [-0.05, 0) is 29.5 Å². The van der Waals surface area contributed by atoms with Gasteiger partial charge in [-0.3, -0.25) is 9.97 Å². The van der Waals surface area contributed by atoms with Gasteiger partial charge >= 0.3 is 0 Å². The highest BCUT2D eigenvalue weighted by Gasteiger charge is 2.00. The largest absolute Gasteiger partial charge is 0.363 e. The SMILES string of the molecule is Cc1cnc(CNc2ncncc2I)cn1. The van der Waals surface area contributed by atoms with Crippen molar-refractivity contribution in [1.29, 1.82) is 0 Å². The lowest BCUT2D eigenvalue weighted by molar-refractivity contribution is 0.970. The monoisotopic (exact) mass is 327 g/mol. The lowest BCUT2D eigenvalue weighted by Crippen LogP contribution is -2.05. The molecular formula is C10H10IN5. The molecule has 0 aliphatic rings. The van der Waals surface area contributed by atoms with Crippen LogP contribution in [0.3, 0.4) is 0 Å². The maximum Gasteiger partial charge on any atom is 0.143 e. The maximum atomic E-state index is 4.25. The molecular weight excluding hydrogens is 317 g/mol. The summed E-state index contributed by atoms with van der Waals surface area (Å²) in [6.07, 6.45) is 6.79. The average molecular weight is 327 g/mol. The molecule has 16 heavy (non-hydrogen) atoms. The van der Waals surface area contributed by atoms with Crippen LogP contribution in [0.15, 0.2) is 24.9 Å². The van der Waals surface area contributed by atoms with Crippen molar-refractivity contribution in [2.24, 2.45) is 0 Å². The molecule has 0 atom stereocenters. The Hall–Kier alpha value is -1.31. The minimum atomic E-state index is 0.611. The fourth-order valence-corrected chi connectivity index (χ4v) is 1.62.